The van der Waals surface area contributed by atoms with Gasteiger partial charge in [0.25, 0.3) is 0 Å². The molecule has 144 valence electrons. The Balaban J connectivity index is 2.62. The van der Waals surface area contributed by atoms with Crippen LogP contribution in [-0.2, 0) is 30.2 Å². The molecule has 1 aromatic rings. The van der Waals surface area contributed by atoms with Crippen molar-refractivity contribution in [2.24, 2.45) is 0 Å². The summed E-state index contributed by atoms with van der Waals surface area (Å²) in [6, 6.07) is 6.62. The van der Waals surface area contributed by atoms with E-state index in [2.05, 4.69) is 11.1 Å². The first kappa shape index (κ1) is 21.9. The molecule has 1 atom stereocenters. The van der Waals surface area contributed by atoms with E-state index in [1.165, 1.54) is 12.1 Å². The quantitative estimate of drug-likeness (QED) is 0.538. The second-order valence-corrected chi connectivity index (χ2v) is 11.0. The average Bonchev–Trinajstić information content (AvgIpc) is 2.43. The van der Waals surface area contributed by atoms with Crippen molar-refractivity contribution in [1.82, 2.24) is 0 Å². The van der Waals surface area contributed by atoms with Gasteiger partial charge in [-0.05, 0) is 36.5 Å². The van der Waals surface area contributed by atoms with E-state index in [0.717, 1.165) is 12.0 Å². The summed E-state index contributed by atoms with van der Waals surface area (Å²) in [5.41, 5.74) is 1.06. The molecule has 0 amide bonds. The van der Waals surface area contributed by atoms with Gasteiger partial charge in [-0.3, -0.25) is 0 Å². The molecule has 0 bridgehead atoms. The molecule has 8 nitrogen and oxygen atoms in total. The minimum atomic E-state index is -4.24. The minimum absolute atomic E-state index is 0.135. The zero-order chi connectivity index (χ0) is 19.3. The lowest BCUT2D eigenvalue weighted by molar-refractivity contribution is 0.485. The van der Waals surface area contributed by atoms with E-state index in [4.69, 9.17) is 4.18 Å². The number of hydrogen-bond donors (Lipinski definition) is 0. The molecular formula is C14H22NO7S3-. The molecule has 0 fully saturated rings. The Morgan fingerprint density at radius 1 is 1.00 bits per heavy atom. The van der Waals surface area contributed by atoms with Crippen LogP contribution in [0.1, 0.15) is 38.2 Å². The fraction of sp³-hybridized carbons (Fsp3) is 0.571. The molecule has 0 radical (unpaired) electrons. The number of nitrogens with zero attached hydrogens (tertiary/aromatic N) is 1. The van der Waals surface area contributed by atoms with Crippen LogP contribution in [0.4, 0.5) is 0 Å². The lowest BCUT2D eigenvalue weighted by Gasteiger charge is -2.17. The molecule has 1 rings (SSSR count). The molecule has 0 aliphatic rings. The van der Waals surface area contributed by atoms with Gasteiger partial charge in [0.05, 0.1) is 25.8 Å². The van der Waals surface area contributed by atoms with E-state index >= 15 is 0 Å². The van der Waals surface area contributed by atoms with Gasteiger partial charge in [0.1, 0.15) is 5.75 Å². The molecule has 0 spiro atoms. The van der Waals surface area contributed by atoms with Crippen LogP contribution in [0.5, 0.6) is 5.75 Å². The van der Waals surface area contributed by atoms with Gasteiger partial charge < -0.3 is 8.31 Å². The van der Waals surface area contributed by atoms with E-state index in [1.807, 2.05) is 6.92 Å². The molecule has 25 heavy (non-hydrogen) atoms. The van der Waals surface area contributed by atoms with Crippen LogP contribution in [0.15, 0.2) is 24.3 Å². The summed E-state index contributed by atoms with van der Waals surface area (Å²) in [7, 11) is -12.3. The molecule has 11 heteroatoms. The topological polar surface area (TPSA) is 126 Å². The summed E-state index contributed by atoms with van der Waals surface area (Å²) in [6.07, 6.45) is 1.27. The number of benzene rings is 1. The molecule has 1 unspecified atom stereocenters. The van der Waals surface area contributed by atoms with Gasteiger partial charge in [-0.25, -0.2) is 16.8 Å². The van der Waals surface area contributed by atoms with E-state index in [-0.39, 0.29) is 12.2 Å². The van der Waals surface area contributed by atoms with Gasteiger partial charge >= 0.3 is 10.1 Å². The highest BCUT2D eigenvalue weighted by molar-refractivity contribution is 8.11. The Morgan fingerprint density at radius 2 is 1.56 bits per heavy atom. The third-order valence-corrected chi connectivity index (χ3v) is 7.36. The van der Waals surface area contributed by atoms with Gasteiger partial charge in [-0.2, -0.15) is 8.42 Å². The second-order valence-electron chi connectivity index (χ2n) is 5.67. The highest BCUT2D eigenvalue weighted by atomic mass is 32.3. The highest BCUT2D eigenvalue weighted by Crippen LogP contribution is 2.22. The maximum atomic E-state index is 11.9. The molecule has 0 aliphatic carbocycles. The van der Waals surface area contributed by atoms with Crippen molar-refractivity contribution < 1.29 is 29.4 Å². The molecule has 1 aromatic carbocycles. The second kappa shape index (κ2) is 8.47. The molecule has 0 saturated carbocycles. The summed E-state index contributed by atoms with van der Waals surface area (Å²) in [6.45, 7) is 4.10. The van der Waals surface area contributed by atoms with Gasteiger partial charge in [-0.1, -0.05) is 26.0 Å². The standard InChI is InChI=1S/C14H22NO7S3/c1-4-12(2)13-6-8-14(9-7-13)22-25(20,21)11-5-10-24(18,19)15-23(3,16)17/h6-9,12H,4-5,10-11H2,1-3H3/q-1. The molecule has 0 heterocycles. The van der Waals surface area contributed by atoms with Crippen LogP contribution in [-0.4, -0.2) is 43.0 Å². The SMILES string of the molecule is CCC(C)c1ccc(OS(=O)(=O)CCCS(=O)(=O)[N-]S(C)(=O)=O)cc1. The fourth-order valence-electron chi connectivity index (χ4n) is 1.94. The first-order valence-electron chi connectivity index (χ1n) is 7.52. The van der Waals surface area contributed by atoms with Gasteiger partial charge in [0.2, 0.25) is 0 Å². The van der Waals surface area contributed by atoms with Gasteiger partial charge in [0, 0.05) is 12.0 Å². The van der Waals surface area contributed by atoms with Crippen LogP contribution < -0.4 is 4.18 Å². The highest BCUT2D eigenvalue weighted by Gasteiger charge is 2.15. The predicted molar refractivity (Wildman–Crippen MR) is 96.2 cm³/mol. The summed E-state index contributed by atoms with van der Waals surface area (Å²) in [5.74, 6) is -0.793. The van der Waals surface area contributed by atoms with Crippen molar-refractivity contribution in [2.75, 3.05) is 17.8 Å². The van der Waals surface area contributed by atoms with Crippen LogP contribution in [0.25, 0.3) is 4.13 Å². The Bertz CT molecular complexity index is 873. The van der Waals surface area contributed by atoms with Crippen molar-refractivity contribution >= 4 is 30.2 Å². The first-order valence-corrected chi connectivity index (χ1v) is 12.6. The van der Waals surface area contributed by atoms with Crippen molar-refractivity contribution in [3.8, 4) is 5.75 Å². The van der Waals surface area contributed by atoms with Gasteiger partial charge in [0.15, 0.2) is 0 Å². The number of rotatable bonds is 10. The van der Waals surface area contributed by atoms with Crippen LogP contribution >= 0.6 is 0 Å². The Kier molecular flexibility index (Phi) is 7.41. The first-order chi connectivity index (χ1) is 11.3. The summed E-state index contributed by atoms with van der Waals surface area (Å²) < 4.78 is 76.0. The van der Waals surface area contributed by atoms with Gasteiger partial charge in [-0.15, -0.1) is 0 Å². The van der Waals surface area contributed by atoms with E-state index in [0.29, 0.717) is 12.2 Å². The predicted octanol–water partition coefficient (Wildman–Crippen LogP) is 1.96. The fourth-order valence-corrected chi connectivity index (χ4v) is 5.56. The van der Waals surface area contributed by atoms with Crippen LogP contribution in [0.2, 0.25) is 0 Å². The Morgan fingerprint density at radius 3 is 2.04 bits per heavy atom. The third-order valence-electron chi connectivity index (χ3n) is 3.33. The van der Waals surface area contributed by atoms with E-state index < -0.39 is 41.7 Å². The van der Waals surface area contributed by atoms with Crippen LogP contribution in [0, 0.1) is 0 Å². The lowest BCUT2D eigenvalue weighted by Crippen LogP contribution is -2.17. The molecule has 0 N–H and O–H groups in total. The van der Waals surface area contributed by atoms with E-state index in [1.54, 1.807) is 12.1 Å². The molecular weight excluding hydrogens is 390 g/mol. The zero-order valence-electron chi connectivity index (χ0n) is 14.2. The smallest absolute Gasteiger partial charge is 0.309 e. The molecule has 0 saturated heterocycles. The van der Waals surface area contributed by atoms with Crippen molar-refractivity contribution in [2.45, 2.75) is 32.6 Å². The minimum Gasteiger partial charge on any atom is -0.436 e. The Labute approximate surface area is 149 Å². The van der Waals surface area contributed by atoms with E-state index in [9.17, 15) is 25.3 Å². The molecule has 0 aliphatic heterocycles. The largest absolute Gasteiger partial charge is 0.436 e. The maximum Gasteiger partial charge on any atom is 0.309 e. The lowest BCUT2D eigenvalue weighted by atomic mass is 9.99. The molecule has 0 aromatic heterocycles. The normalized spacial score (nSPS) is 14.2. The average molecular weight is 413 g/mol. The van der Waals surface area contributed by atoms with Crippen molar-refractivity contribution in [1.29, 1.82) is 0 Å². The van der Waals surface area contributed by atoms with Crippen molar-refractivity contribution in [3.63, 3.8) is 0 Å². The summed E-state index contributed by atoms with van der Waals surface area (Å²) >= 11 is 0. The zero-order valence-corrected chi connectivity index (χ0v) is 16.7. The summed E-state index contributed by atoms with van der Waals surface area (Å²) in [4.78, 5) is 0. The number of sulfonamides is 2. The van der Waals surface area contributed by atoms with Crippen molar-refractivity contribution in [3.05, 3.63) is 34.0 Å². The third kappa shape index (κ3) is 8.66. The van der Waals surface area contributed by atoms with Crippen LogP contribution in [0.3, 0.4) is 0 Å². The maximum absolute atomic E-state index is 11.9. The summed E-state index contributed by atoms with van der Waals surface area (Å²) in [5, 5.41) is 0. The number of hydrogen-bond acceptors (Lipinski definition) is 7. The Hall–Kier alpha value is -1.17. The monoisotopic (exact) mass is 412 g/mol.